The Morgan fingerprint density at radius 3 is 2.71 bits per heavy atom. The third-order valence-corrected chi connectivity index (χ3v) is 5.07. The predicted molar refractivity (Wildman–Crippen MR) is 84.8 cm³/mol. The first-order valence-electron chi connectivity index (χ1n) is 8.33. The van der Waals surface area contributed by atoms with Gasteiger partial charge in [0, 0.05) is 18.3 Å². The maximum absolute atomic E-state index is 12.2. The minimum atomic E-state index is -2.92. The van der Waals surface area contributed by atoms with Gasteiger partial charge in [-0.1, -0.05) is 6.92 Å². The van der Waals surface area contributed by atoms with Gasteiger partial charge in [0.15, 0.2) is 0 Å². The van der Waals surface area contributed by atoms with Crippen molar-refractivity contribution >= 4 is 6.03 Å². The van der Waals surface area contributed by atoms with E-state index < -0.39 is 6.61 Å². The summed E-state index contributed by atoms with van der Waals surface area (Å²) < 4.78 is 28.7. The molecule has 0 saturated heterocycles. The summed E-state index contributed by atoms with van der Waals surface area (Å²) in [7, 11) is 0. The van der Waals surface area contributed by atoms with E-state index in [2.05, 4.69) is 27.3 Å². The normalized spacial score (nSPS) is 29.5. The zero-order valence-electron chi connectivity index (χ0n) is 13.9. The van der Waals surface area contributed by atoms with Crippen LogP contribution < -0.4 is 15.4 Å². The lowest BCUT2D eigenvalue weighted by Gasteiger charge is -2.57. The summed E-state index contributed by atoms with van der Waals surface area (Å²) in [4.78, 5) is 15.8. The average molecular weight is 339 g/mol. The highest BCUT2D eigenvalue weighted by Gasteiger charge is 2.51. The number of alkyl halides is 2. The van der Waals surface area contributed by atoms with E-state index in [9.17, 15) is 13.6 Å². The summed E-state index contributed by atoms with van der Waals surface area (Å²) in [6.07, 6.45) is 6.04. The number of rotatable bonds is 5. The van der Waals surface area contributed by atoms with E-state index in [1.165, 1.54) is 25.1 Å². The quantitative estimate of drug-likeness (QED) is 0.861. The number of aromatic nitrogens is 1. The Hall–Kier alpha value is -1.92. The number of hydrogen-bond donors (Lipinski definition) is 2. The summed E-state index contributed by atoms with van der Waals surface area (Å²) in [5.41, 5.74) is 1.14. The van der Waals surface area contributed by atoms with Crippen LogP contribution in [-0.4, -0.2) is 23.7 Å². The number of halogens is 2. The fraction of sp³-hybridized carbons (Fsp3) is 0.647. The van der Waals surface area contributed by atoms with Crippen molar-refractivity contribution < 1.29 is 18.3 Å². The molecule has 1 unspecified atom stereocenters. The highest BCUT2D eigenvalue weighted by atomic mass is 19.3. The monoisotopic (exact) mass is 339 g/mol. The van der Waals surface area contributed by atoms with Gasteiger partial charge >= 0.3 is 12.6 Å². The van der Waals surface area contributed by atoms with Crippen LogP contribution in [0.2, 0.25) is 0 Å². The van der Waals surface area contributed by atoms with Gasteiger partial charge in [0.1, 0.15) is 0 Å². The topological polar surface area (TPSA) is 63.2 Å². The lowest BCUT2D eigenvalue weighted by Crippen LogP contribution is -2.57. The lowest BCUT2D eigenvalue weighted by molar-refractivity contribution is -0.0529. The van der Waals surface area contributed by atoms with Gasteiger partial charge in [-0.05, 0) is 55.6 Å². The molecule has 2 N–H and O–H groups in total. The van der Waals surface area contributed by atoms with Gasteiger partial charge in [-0.15, -0.1) is 0 Å². The van der Waals surface area contributed by atoms with Crippen molar-refractivity contribution in [3.8, 4) is 5.88 Å². The Kier molecular flexibility index (Phi) is 4.60. The molecule has 0 aromatic carbocycles. The second kappa shape index (κ2) is 6.53. The van der Waals surface area contributed by atoms with E-state index >= 15 is 0 Å². The fourth-order valence-electron chi connectivity index (χ4n) is 4.20. The molecule has 2 aliphatic rings. The Balaban J connectivity index is 1.46. The van der Waals surface area contributed by atoms with E-state index in [1.807, 2.05) is 0 Å². The van der Waals surface area contributed by atoms with E-state index in [-0.39, 0.29) is 24.0 Å². The van der Waals surface area contributed by atoms with Crippen LogP contribution in [0, 0.1) is 11.3 Å². The lowest BCUT2D eigenvalue weighted by atomic mass is 9.50. The highest BCUT2D eigenvalue weighted by molar-refractivity contribution is 5.75. The summed E-state index contributed by atoms with van der Waals surface area (Å²) in [5, 5.41) is 5.81. The van der Waals surface area contributed by atoms with E-state index in [0.29, 0.717) is 11.0 Å². The van der Waals surface area contributed by atoms with Gasteiger partial charge in [0.2, 0.25) is 5.88 Å². The van der Waals surface area contributed by atoms with Crippen molar-refractivity contribution in [2.24, 2.45) is 11.3 Å². The molecule has 132 valence electrons. The van der Waals surface area contributed by atoms with Crippen molar-refractivity contribution in [3.63, 3.8) is 0 Å². The Morgan fingerprint density at radius 2 is 2.08 bits per heavy atom. The van der Waals surface area contributed by atoms with Crippen LogP contribution >= 0.6 is 0 Å². The summed E-state index contributed by atoms with van der Waals surface area (Å²) in [5.74, 6) is 0.660. The van der Waals surface area contributed by atoms with Gasteiger partial charge in [-0.3, -0.25) is 0 Å². The molecule has 0 bridgehead atoms. The molecule has 5 nitrogen and oxygen atoms in total. The van der Waals surface area contributed by atoms with Crippen molar-refractivity contribution in [2.75, 3.05) is 0 Å². The molecule has 0 radical (unpaired) electrons. The van der Waals surface area contributed by atoms with Crippen LogP contribution in [0.4, 0.5) is 13.6 Å². The molecule has 1 heterocycles. The maximum Gasteiger partial charge on any atom is 0.388 e. The molecule has 24 heavy (non-hydrogen) atoms. The van der Waals surface area contributed by atoms with Crippen molar-refractivity contribution in [2.45, 2.75) is 58.2 Å². The fourth-order valence-corrected chi connectivity index (χ4v) is 4.20. The molecule has 1 spiro atoms. The third kappa shape index (κ3) is 3.76. The number of carbonyl (C=O) groups excluding carboxylic acids is 1. The van der Waals surface area contributed by atoms with Crippen LogP contribution in [0.25, 0.3) is 0 Å². The SMILES string of the molecule is CC1CC2(C1)CC(NC(=O)NC(C)c1ccnc(OC(F)F)c1)C2. The summed E-state index contributed by atoms with van der Waals surface area (Å²) >= 11 is 0. The van der Waals surface area contributed by atoms with Crippen LogP contribution in [0.15, 0.2) is 18.3 Å². The number of amides is 2. The first-order chi connectivity index (χ1) is 11.3. The van der Waals surface area contributed by atoms with Crippen LogP contribution in [-0.2, 0) is 0 Å². The zero-order valence-corrected chi connectivity index (χ0v) is 13.9. The first kappa shape index (κ1) is 16.9. The molecule has 2 saturated carbocycles. The Bertz CT molecular complexity index is 597. The molecule has 2 amide bonds. The molecule has 1 atom stereocenters. The summed E-state index contributed by atoms with van der Waals surface area (Å²) in [6.45, 7) is 1.14. The van der Waals surface area contributed by atoms with Gasteiger partial charge in [-0.25, -0.2) is 9.78 Å². The number of hydrogen-bond acceptors (Lipinski definition) is 3. The molecule has 1 aromatic rings. The molecule has 3 rings (SSSR count). The highest BCUT2D eigenvalue weighted by Crippen LogP contribution is 2.58. The summed E-state index contributed by atoms with van der Waals surface area (Å²) in [6, 6.07) is 2.75. The minimum Gasteiger partial charge on any atom is -0.417 e. The Labute approximate surface area is 140 Å². The maximum atomic E-state index is 12.2. The third-order valence-electron chi connectivity index (χ3n) is 5.07. The molecule has 2 aliphatic carbocycles. The van der Waals surface area contributed by atoms with Crippen LogP contribution in [0.3, 0.4) is 0 Å². The van der Waals surface area contributed by atoms with Crippen molar-refractivity contribution in [1.82, 2.24) is 15.6 Å². The smallest absolute Gasteiger partial charge is 0.388 e. The minimum absolute atomic E-state index is 0.156. The van der Waals surface area contributed by atoms with E-state index in [1.54, 1.807) is 13.0 Å². The van der Waals surface area contributed by atoms with E-state index in [4.69, 9.17) is 0 Å². The molecular formula is C17H23F2N3O2. The number of pyridine rings is 1. The first-order valence-corrected chi connectivity index (χ1v) is 8.33. The second-order valence-corrected chi connectivity index (χ2v) is 7.26. The number of nitrogens with zero attached hydrogens (tertiary/aromatic N) is 1. The van der Waals surface area contributed by atoms with Gasteiger partial charge in [-0.2, -0.15) is 8.78 Å². The van der Waals surface area contributed by atoms with Crippen LogP contribution in [0.5, 0.6) is 5.88 Å². The largest absolute Gasteiger partial charge is 0.417 e. The second-order valence-electron chi connectivity index (χ2n) is 7.26. The number of urea groups is 1. The predicted octanol–water partition coefficient (Wildman–Crippen LogP) is 3.62. The Morgan fingerprint density at radius 1 is 1.38 bits per heavy atom. The molecular weight excluding hydrogens is 316 g/mol. The van der Waals surface area contributed by atoms with Gasteiger partial charge < -0.3 is 15.4 Å². The molecule has 7 heteroatoms. The van der Waals surface area contributed by atoms with Gasteiger partial charge in [0.25, 0.3) is 0 Å². The number of carbonyl (C=O) groups is 1. The number of nitrogens with one attached hydrogen (secondary N) is 2. The van der Waals surface area contributed by atoms with Gasteiger partial charge in [0.05, 0.1) is 6.04 Å². The molecule has 1 aromatic heterocycles. The number of ether oxygens (including phenoxy) is 1. The van der Waals surface area contributed by atoms with Crippen LogP contribution in [0.1, 0.15) is 51.1 Å². The molecule has 0 aliphatic heterocycles. The van der Waals surface area contributed by atoms with E-state index in [0.717, 1.165) is 18.8 Å². The van der Waals surface area contributed by atoms with Crippen molar-refractivity contribution in [3.05, 3.63) is 23.9 Å². The van der Waals surface area contributed by atoms with Crippen molar-refractivity contribution in [1.29, 1.82) is 0 Å². The molecule has 2 fully saturated rings. The average Bonchev–Trinajstić information content (AvgIpc) is 2.43. The standard InChI is InChI=1S/C17H23F2N3O2/c1-10-6-17(7-10)8-13(9-17)22-16(23)21-11(2)12-3-4-20-14(5-12)24-15(18)19/h3-5,10-11,13,15H,6-9H2,1-2H3,(H2,21,22,23). The zero-order chi connectivity index (χ0) is 17.3.